The van der Waals surface area contributed by atoms with E-state index in [1.54, 1.807) is 12.1 Å². The zero-order valence-corrected chi connectivity index (χ0v) is 44.8. The second kappa shape index (κ2) is 18.6. The molecule has 0 spiro atoms. The van der Waals surface area contributed by atoms with Gasteiger partial charge < -0.3 is 9.47 Å². The second-order valence-electron chi connectivity index (χ2n) is 11.8. The molecule has 6 rings (SSSR count). The van der Waals surface area contributed by atoms with Gasteiger partial charge in [-0.3, -0.25) is 0 Å². The average Bonchev–Trinajstić information content (AvgIpc) is 3.14. The van der Waals surface area contributed by atoms with Gasteiger partial charge in [0.1, 0.15) is 11.5 Å². The number of hydrogen-bond acceptors (Lipinski definition) is 2. The maximum atomic E-state index is 12.9. The summed E-state index contributed by atoms with van der Waals surface area (Å²) in [7, 11) is 0. The van der Waals surface area contributed by atoms with Gasteiger partial charge in [-0.15, -0.1) is 26.3 Å². The molecule has 2 nitrogen and oxygen atoms in total. The molecule has 56 heavy (non-hydrogen) atoms. The lowest BCUT2D eigenvalue weighted by Crippen LogP contribution is -2.18. The van der Waals surface area contributed by atoms with E-state index in [0.717, 1.165) is 75.5 Å². The molecular formula is C40H18F6I8O2. The first-order chi connectivity index (χ1) is 26.3. The van der Waals surface area contributed by atoms with E-state index in [0.29, 0.717) is 14.3 Å². The van der Waals surface area contributed by atoms with Crippen molar-refractivity contribution in [2.75, 3.05) is 0 Å². The van der Waals surface area contributed by atoms with Crippen LogP contribution in [0.15, 0.2) is 104 Å². The summed E-state index contributed by atoms with van der Waals surface area (Å²) in [6, 6.07) is 30.3. The van der Waals surface area contributed by atoms with Gasteiger partial charge in [-0.2, -0.15) is 0 Å². The summed E-state index contributed by atoms with van der Waals surface area (Å²) in [6.45, 7) is 4.51. The van der Waals surface area contributed by atoms with Crippen LogP contribution in [0.1, 0.15) is 11.1 Å². The van der Waals surface area contributed by atoms with Crippen LogP contribution in [-0.4, -0.2) is 12.7 Å². The topological polar surface area (TPSA) is 18.5 Å². The van der Waals surface area contributed by atoms with E-state index in [2.05, 4.69) is 176 Å². The van der Waals surface area contributed by atoms with Crippen LogP contribution in [0.3, 0.4) is 0 Å². The van der Waals surface area contributed by atoms with Gasteiger partial charge in [0.25, 0.3) is 0 Å². The molecule has 0 aliphatic heterocycles. The van der Waals surface area contributed by atoms with Crippen molar-refractivity contribution < 1.29 is 35.8 Å². The van der Waals surface area contributed by atoms with Gasteiger partial charge >= 0.3 is 12.7 Å². The van der Waals surface area contributed by atoms with Crippen LogP contribution in [0.5, 0.6) is 11.5 Å². The number of halogens is 14. The fraction of sp³-hybridized carbons (Fsp3) is 0.0500. The molecule has 0 fully saturated rings. The van der Waals surface area contributed by atoms with Crippen molar-refractivity contribution in [3.05, 3.63) is 143 Å². The standard InChI is InChI=1S/C40H18F6I8O2/c1-18(23-10-12-25(33(49)31(23)47)19-2-6-21(7-3-19)27-14-16-29(37(53)35(27)51)55-39(41,42)43)24-11-13-26(34(50)32(24)48)20-4-8-22(9-5-20)28-15-17-30(38(54)36(28)52)56-40(44,45)46/h2-17H,1H2. The van der Waals surface area contributed by atoms with Crippen molar-refractivity contribution in [2.45, 2.75) is 12.7 Å². The Bertz CT molecular complexity index is 2330. The molecule has 0 radical (unpaired) electrons. The van der Waals surface area contributed by atoms with Gasteiger partial charge in [-0.25, -0.2) is 0 Å². The van der Waals surface area contributed by atoms with E-state index in [1.807, 2.05) is 93.7 Å². The van der Waals surface area contributed by atoms with E-state index in [-0.39, 0.29) is 11.5 Å². The molecule has 0 N–H and O–H groups in total. The first-order valence-corrected chi connectivity index (χ1v) is 24.2. The highest BCUT2D eigenvalue weighted by molar-refractivity contribution is 14.1. The van der Waals surface area contributed by atoms with Gasteiger partial charge in [-0.05, 0) is 266 Å². The number of rotatable bonds is 8. The molecule has 0 bridgehead atoms. The Labute approximate surface area is 427 Å². The van der Waals surface area contributed by atoms with Gasteiger partial charge in [0.15, 0.2) is 0 Å². The Morgan fingerprint density at radius 2 is 0.607 bits per heavy atom. The Kier molecular flexibility index (Phi) is 15.1. The number of alkyl halides is 6. The quantitative estimate of drug-likeness (QED) is 0.112. The molecule has 288 valence electrons. The molecule has 6 aromatic rings. The van der Waals surface area contributed by atoms with Crippen molar-refractivity contribution in [1.29, 1.82) is 0 Å². The van der Waals surface area contributed by atoms with Gasteiger partial charge in [0.2, 0.25) is 0 Å². The van der Waals surface area contributed by atoms with E-state index in [1.165, 1.54) is 12.1 Å². The minimum Gasteiger partial charge on any atom is -0.405 e. The fourth-order valence-electron chi connectivity index (χ4n) is 5.73. The van der Waals surface area contributed by atoms with E-state index >= 15 is 0 Å². The Hall–Kier alpha value is 0.0800. The summed E-state index contributed by atoms with van der Waals surface area (Å²) in [4.78, 5) is 0. The van der Waals surface area contributed by atoms with Gasteiger partial charge in [0, 0.05) is 21.4 Å². The van der Waals surface area contributed by atoms with Crippen LogP contribution in [0.25, 0.3) is 50.1 Å². The third kappa shape index (κ3) is 10.2. The minimum atomic E-state index is -4.76. The lowest BCUT2D eigenvalue weighted by molar-refractivity contribution is -0.276. The molecule has 6 aromatic carbocycles. The number of benzene rings is 6. The van der Waals surface area contributed by atoms with Crippen molar-refractivity contribution in [3.63, 3.8) is 0 Å². The van der Waals surface area contributed by atoms with Crippen LogP contribution >= 0.6 is 181 Å². The molecule has 0 aliphatic rings. The first-order valence-electron chi connectivity index (χ1n) is 15.6. The maximum Gasteiger partial charge on any atom is 0.573 e. The van der Waals surface area contributed by atoms with Crippen LogP contribution in [0.4, 0.5) is 26.3 Å². The molecule has 0 saturated carbocycles. The lowest BCUT2D eigenvalue weighted by atomic mass is 9.94. The molecular weight excluding hydrogens is 1640 g/mol. The second-order valence-corrected chi connectivity index (χ2v) is 20.4. The van der Waals surface area contributed by atoms with Crippen LogP contribution in [0, 0.1) is 28.6 Å². The van der Waals surface area contributed by atoms with Crippen LogP contribution in [0.2, 0.25) is 0 Å². The van der Waals surface area contributed by atoms with Gasteiger partial charge in [0.05, 0.1) is 7.14 Å². The monoisotopic (exact) mass is 1660 g/mol. The summed E-state index contributed by atoms with van der Waals surface area (Å²) >= 11 is 17.3. The van der Waals surface area contributed by atoms with Crippen molar-refractivity contribution in [3.8, 4) is 56.0 Å². The zero-order chi connectivity index (χ0) is 40.9. The first kappa shape index (κ1) is 45.6. The molecule has 0 unspecified atom stereocenters. The molecule has 0 amide bonds. The molecule has 0 aliphatic carbocycles. The highest BCUT2D eigenvalue weighted by Crippen LogP contribution is 2.42. The fourth-order valence-corrected chi connectivity index (χ4v) is 11.6. The summed E-state index contributed by atoms with van der Waals surface area (Å²) in [5, 5.41) is 0. The predicted molar refractivity (Wildman–Crippen MR) is 278 cm³/mol. The Morgan fingerprint density at radius 3 is 0.875 bits per heavy atom. The van der Waals surface area contributed by atoms with Crippen molar-refractivity contribution >= 4 is 186 Å². The van der Waals surface area contributed by atoms with Gasteiger partial charge in [-0.1, -0.05) is 79.4 Å². The van der Waals surface area contributed by atoms with Crippen LogP contribution < -0.4 is 9.47 Å². The molecule has 0 atom stereocenters. The Morgan fingerprint density at radius 1 is 0.357 bits per heavy atom. The normalized spacial score (nSPS) is 11.8. The maximum absolute atomic E-state index is 12.9. The van der Waals surface area contributed by atoms with Crippen molar-refractivity contribution in [2.24, 2.45) is 0 Å². The lowest BCUT2D eigenvalue weighted by Gasteiger charge is -2.17. The number of ether oxygens (including phenoxy) is 2. The van der Waals surface area contributed by atoms with E-state index in [9.17, 15) is 26.3 Å². The SMILES string of the molecule is C=C(c1ccc(-c2ccc(-c3ccc(OC(F)(F)F)c(I)c3I)cc2)c(I)c1I)c1ccc(-c2ccc(-c3ccc(OC(F)(F)F)c(I)c3I)cc2)c(I)c1I. The predicted octanol–water partition coefficient (Wildman–Crippen LogP) is 17.1. The molecule has 0 heterocycles. The molecule has 16 heteroatoms. The van der Waals surface area contributed by atoms with E-state index in [4.69, 9.17) is 0 Å². The third-order valence-corrected chi connectivity index (χ3v) is 21.4. The highest BCUT2D eigenvalue weighted by Gasteiger charge is 2.33. The van der Waals surface area contributed by atoms with Crippen molar-refractivity contribution in [1.82, 2.24) is 0 Å². The summed E-state index contributed by atoms with van der Waals surface area (Å²) in [5.74, 6) is -0.445. The smallest absolute Gasteiger partial charge is 0.405 e. The summed E-state index contributed by atoms with van der Waals surface area (Å²) < 4.78 is 91.9. The minimum absolute atomic E-state index is 0.223. The summed E-state index contributed by atoms with van der Waals surface area (Å²) in [6.07, 6.45) is -9.52. The van der Waals surface area contributed by atoms with Crippen LogP contribution in [-0.2, 0) is 0 Å². The number of hydrogen-bond donors (Lipinski definition) is 0. The Balaban J connectivity index is 1.22. The third-order valence-electron chi connectivity index (χ3n) is 8.37. The highest BCUT2D eigenvalue weighted by atomic mass is 127. The van der Waals surface area contributed by atoms with E-state index < -0.39 is 12.7 Å². The molecule has 0 saturated heterocycles. The largest absolute Gasteiger partial charge is 0.573 e. The average molecular weight is 1660 g/mol. The zero-order valence-electron chi connectivity index (χ0n) is 27.6. The summed E-state index contributed by atoms with van der Waals surface area (Å²) in [5.41, 5.74) is 10.4. The molecule has 0 aromatic heterocycles.